The van der Waals surface area contributed by atoms with Crippen molar-refractivity contribution in [2.24, 2.45) is 5.92 Å². The van der Waals surface area contributed by atoms with E-state index in [-0.39, 0.29) is 15.8 Å². The van der Waals surface area contributed by atoms with E-state index < -0.39 is 10.0 Å². The van der Waals surface area contributed by atoms with E-state index in [1.165, 1.54) is 10.4 Å². The molecule has 1 heterocycles. The number of methoxy groups -OCH3 is 1. The Morgan fingerprint density at radius 1 is 1.53 bits per heavy atom. The molecule has 0 N–H and O–H groups in total. The maximum Gasteiger partial charge on any atom is 0.244 e. The Morgan fingerprint density at radius 3 is 2.89 bits per heavy atom. The van der Waals surface area contributed by atoms with E-state index in [9.17, 15) is 8.42 Å². The lowest BCUT2D eigenvalue weighted by molar-refractivity contribution is 0.157. The number of halogens is 2. The van der Waals surface area contributed by atoms with Crippen molar-refractivity contribution in [3.8, 4) is 0 Å². The average molecular weight is 369 g/mol. The minimum absolute atomic E-state index is 0.162. The van der Waals surface area contributed by atoms with Crippen molar-refractivity contribution in [1.29, 1.82) is 0 Å². The first kappa shape index (κ1) is 15.3. The molecular formula is C12H15BrClNO3S. The van der Waals surface area contributed by atoms with Crippen molar-refractivity contribution in [3.05, 3.63) is 27.7 Å². The number of hydrogen-bond donors (Lipinski definition) is 0. The van der Waals surface area contributed by atoms with Gasteiger partial charge in [-0.25, -0.2) is 8.42 Å². The van der Waals surface area contributed by atoms with E-state index in [2.05, 4.69) is 15.9 Å². The van der Waals surface area contributed by atoms with E-state index in [1.807, 2.05) is 0 Å². The molecule has 1 fully saturated rings. The van der Waals surface area contributed by atoms with Crippen LogP contribution in [0.5, 0.6) is 0 Å². The van der Waals surface area contributed by atoms with Gasteiger partial charge in [-0.05, 0) is 30.5 Å². The Balaban J connectivity index is 2.23. The fourth-order valence-corrected chi connectivity index (χ4v) is 4.75. The summed E-state index contributed by atoms with van der Waals surface area (Å²) in [5, 5.41) is 0.240. The van der Waals surface area contributed by atoms with Gasteiger partial charge >= 0.3 is 0 Å². The van der Waals surface area contributed by atoms with Gasteiger partial charge in [-0.1, -0.05) is 27.5 Å². The number of ether oxygens (including phenoxy) is 1. The molecule has 1 aliphatic rings. The third kappa shape index (κ3) is 3.31. The predicted octanol–water partition coefficient (Wildman–Crippen LogP) is 2.76. The number of hydrogen-bond acceptors (Lipinski definition) is 3. The average Bonchev–Trinajstić information content (AvgIpc) is 2.78. The Morgan fingerprint density at radius 2 is 2.26 bits per heavy atom. The topological polar surface area (TPSA) is 46.6 Å². The Bertz CT molecular complexity index is 564. The lowest BCUT2D eigenvalue weighted by Gasteiger charge is -2.17. The van der Waals surface area contributed by atoms with Crippen LogP contribution in [0.2, 0.25) is 5.02 Å². The van der Waals surface area contributed by atoms with Gasteiger partial charge in [0.15, 0.2) is 0 Å². The molecule has 106 valence electrons. The summed E-state index contributed by atoms with van der Waals surface area (Å²) in [5.41, 5.74) is 0. The van der Waals surface area contributed by atoms with Crippen LogP contribution in [0.4, 0.5) is 0 Å². The first-order valence-electron chi connectivity index (χ1n) is 5.89. The molecular weight excluding hydrogens is 354 g/mol. The molecule has 2 rings (SSSR count). The first-order valence-corrected chi connectivity index (χ1v) is 8.50. The second-order valence-corrected chi connectivity index (χ2v) is 7.78. The van der Waals surface area contributed by atoms with Gasteiger partial charge in [-0.15, -0.1) is 0 Å². The monoisotopic (exact) mass is 367 g/mol. The second-order valence-electron chi connectivity index (χ2n) is 4.55. The van der Waals surface area contributed by atoms with Crippen LogP contribution in [0.15, 0.2) is 27.6 Å². The van der Waals surface area contributed by atoms with E-state index in [0.29, 0.717) is 19.7 Å². The summed E-state index contributed by atoms with van der Waals surface area (Å²) in [4.78, 5) is 0.162. The summed E-state index contributed by atoms with van der Waals surface area (Å²) >= 11 is 9.30. The standard InChI is InChI=1S/C12H15BrClNO3S/c1-18-8-9-4-5-15(7-9)19(16,17)12-3-2-10(13)6-11(12)14/h2-3,6,9H,4-5,7-8H2,1H3. The van der Waals surface area contributed by atoms with E-state index >= 15 is 0 Å². The molecule has 1 aromatic carbocycles. The summed E-state index contributed by atoms with van der Waals surface area (Å²) in [6.45, 7) is 1.59. The molecule has 1 saturated heterocycles. The van der Waals surface area contributed by atoms with Gasteiger partial charge in [-0.2, -0.15) is 4.31 Å². The van der Waals surface area contributed by atoms with Crippen molar-refractivity contribution < 1.29 is 13.2 Å². The van der Waals surface area contributed by atoms with Crippen LogP contribution in [0.1, 0.15) is 6.42 Å². The van der Waals surface area contributed by atoms with Gasteiger partial charge < -0.3 is 4.74 Å². The lowest BCUT2D eigenvalue weighted by Crippen LogP contribution is -2.29. The van der Waals surface area contributed by atoms with Crippen molar-refractivity contribution in [3.63, 3.8) is 0 Å². The summed E-state index contributed by atoms with van der Waals surface area (Å²) in [7, 11) is -1.88. The predicted molar refractivity (Wildman–Crippen MR) is 77.9 cm³/mol. The molecule has 0 saturated carbocycles. The molecule has 0 aliphatic carbocycles. The van der Waals surface area contributed by atoms with Gasteiger partial charge in [-0.3, -0.25) is 0 Å². The summed E-state index contributed by atoms with van der Waals surface area (Å²) in [5.74, 6) is 0.258. The van der Waals surface area contributed by atoms with Crippen LogP contribution in [-0.4, -0.2) is 39.5 Å². The van der Waals surface area contributed by atoms with Gasteiger partial charge in [0.25, 0.3) is 0 Å². The van der Waals surface area contributed by atoms with Crippen molar-refractivity contribution in [2.45, 2.75) is 11.3 Å². The molecule has 0 spiro atoms. The highest BCUT2D eigenvalue weighted by Crippen LogP contribution is 2.30. The van der Waals surface area contributed by atoms with E-state index in [0.717, 1.165) is 10.9 Å². The molecule has 4 nitrogen and oxygen atoms in total. The van der Waals surface area contributed by atoms with Crippen LogP contribution < -0.4 is 0 Å². The van der Waals surface area contributed by atoms with Gasteiger partial charge in [0, 0.05) is 24.7 Å². The van der Waals surface area contributed by atoms with Crippen LogP contribution in [0, 0.1) is 5.92 Å². The first-order chi connectivity index (χ1) is 8.95. The second kappa shape index (κ2) is 6.10. The minimum atomic E-state index is -3.51. The Labute approximate surface area is 126 Å². The van der Waals surface area contributed by atoms with Crippen molar-refractivity contribution in [2.75, 3.05) is 26.8 Å². The van der Waals surface area contributed by atoms with Gasteiger partial charge in [0.2, 0.25) is 10.0 Å². The van der Waals surface area contributed by atoms with Crippen molar-refractivity contribution in [1.82, 2.24) is 4.31 Å². The third-order valence-electron chi connectivity index (χ3n) is 3.16. The summed E-state index contributed by atoms with van der Waals surface area (Å²) in [6, 6.07) is 4.81. The molecule has 7 heteroatoms. The molecule has 0 aromatic heterocycles. The minimum Gasteiger partial charge on any atom is -0.384 e. The lowest BCUT2D eigenvalue weighted by atomic mass is 10.1. The van der Waals surface area contributed by atoms with E-state index in [4.69, 9.17) is 16.3 Å². The highest BCUT2D eigenvalue weighted by molar-refractivity contribution is 9.10. The Kier molecular flexibility index (Phi) is 4.89. The number of nitrogens with zero attached hydrogens (tertiary/aromatic N) is 1. The molecule has 0 radical (unpaired) electrons. The molecule has 0 amide bonds. The summed E-state index contributed by atoms with van der Waals surface area (Å²) < 4.78 is 32.3. The van der Waals surface area contributed by atoms with Crippen LogP contribution >= 0.6 is 27.5 Å². The summed E-state index contributed by atoms with van der Waals surface area (Å²) in [6.07, 6.45) is 0.821. The molecule has 0 bridgehead atoms. The molecule has 1 aliphatic heterocycles. The quantitative estimate of drug-likeness (QED) is 0.821. The number of sulfonamides is 1. The van der Waals surface area contributed by atoms with Gasteiger partial charge in [0.05, 0.1) is 11.6 Å². The third-order valence-corrected chi connectivity index (χ3v) is 6.00. The zero-order chi connectivity index (χ0) is 14.0. The van der Waals surface area contributed by atoms with Crippen LogP contribution in [0.3, 0.4) is 0 Å². The maximum atomic E-state index is 12.5. The fourth-order valence-electron chi connectivity index (χ4n) is 2.21. The highest BCUT2D eigenvalue weighted by Gasteiger charge is 2.33. The van der Waals surface area contributed by atoms with Crippen LogP contribution in [-0.2, 0) is 14.8 Å². The zero-order valence-corrected chi connectivity index (χ0v) is 13.6. The molecule has 19 heavy (non-hydrogen) atoms. The normalized spacial score (nSPS) is 20.9. The fraction of sp³-hybridized carbons (Fsp3) is 0.500. The smallest absolute Gasteiger partial charge is 0.244 e. The van der Waals surface area contributed by atoms with Crippen molar-refractivity contribution >= 4 is 37.6 Å². The highest BCUT2D eigenvalue weighted by atomic mass is 79.9. The molecule has 1 atom stereocenters. The maximum absolute atomic E-state index is 12.5. The number of rotatable bonds is 4. The number of benzene rings is 1. The molecule has 1 aromatic rings. The van der Waals surface area contributed by atoms with Crippen LogP contribution in [0.25, 0.3) is 0 Å². The SMILES string of the molecule is COCC1CCN(S(=O)(=O)c2ccc(Br)cc2Cl)C1. The van der Waals surface area contributed by atoms with E-state index in [1.54, 1.807) is 19.2 Å². The Hall–Kier alpha value is -0.140. The van der Waals surface area contributed by atoms with Gasteiger partial charge in [0.1, 0.15) is 4.90 Å². The molecule has 1 unspecified atom stereocenters. The zero-order valence-electron chi connectivity index (χ0n) is 10.5. The largest absolute Gasteiger partial charge is 0.384 e.